The Bertz CT molecular complexity index is 1220. The molecule has 1 aromatic heterocycles. The molecule has 4 rings (SSSR count). The number of aromatic nitrogens is 2. The number of nitrogens with one attached hydrogen (secondary N) is 1. The summed E-state index contributed by atoms with van der Waals surface area (Å²) < 4.78 is 49.3. The molecule has 0 bridgehead atoms. The van der Waals surface area contributed by atoms with Crippen LogP contribution >= 0.6 is 20.2 Å². The molecule has 13 heteroatoms. The molecule has 3 unspecified atom stereocenters. The normalized spacial score (nSPS) is 19.3. The molecule has 1 aliphatic rings. The number of rotatable bonds is 10. The molecule has 0 amide bonds. The van der Waals surface area contributed by atoms with Gasteiger partial charge in [-0.1, -0.05) is 11.6 Å². The van der Waals surface area contributed by atoms with E-state index in [0.29, 0.717) is 23.0 Å². The second kappa shape index (κ2) is 11.7. The van der Waals surface area contributed by atoms with Gasteiger partial charge in [-0.2, -0.15) is 0 Å². The first-order valence-corrected chi connectivity index (χ1v) is 12.2. The predicted octanol–water partition coefficient (Wildman–Crippen LogP) is 4.23. The molecule has 192 valence electrons. The van der Waals surface area contributed by atoms with Gasteiger partial charge in [0, 0.05) is 12.6 Å². The van der Waals surface area contributed by atoms with Crippen LogP contribution in [0.2, 0.25) is 5.02 Å². The van der Waals surface area contributed by atoms with Gasteiger partial charge in [0.15, 0.2) is 6.23 Å². The molecule has 2 aromatic carbocycles. The summed E-state index contributed by atoms with van der Waals surface area (Å²) in [7, 11) is 1.14. The maximum absolute atomic E-state index is 14.7. The Hall–Kier alpha value is -3.11. The molecule has 0 aliphatic carbocycles. The van der Waals surface area contributed by atoms with Gasteiger partial charge in [0.05, 0.1) is 26.9 Å². The second-order valence-corrected chi connectivity index (χ2v) is 9.07. The minimum atomic E-state index is -1.98. The van der Waals surface area contributed by atoms with Gasteiger partial charge < -0.3 is 23.3 Å². The lowest BCUT2D eigenvalue weighted by molar-refractivity contribution is -0.0365. The maximum atomic E-state index is 14.7. The van der Waals surface area contributed by atoms with Crippen molar-refractivity contribution in [2.45, 2.75) is 24.9 Å². The van der Waals surface area contributed by atoms with Crippen LogP contribution in [-0.4, -0.2) is 42.7 Å². The Morgan fingerprint density at radius 2 is 1.53 bits per heavy atom. The van der Waals surface area contributed by atoms with Crippen molar-refractivity contribution in [1.82, 2.24) is 9.55 Å². The number of halogens is 2. The van der Waals surface area contributed by atoms with E-state index >= 15 is 0 Å². The first-order valence-electron chi connectivity index (χ1n) is 10.7. The van der Waals surface area contributed by atoms with Crippen molar-refractivity contribution >= 4 is 20.2 Å². The second-order valence-electron chi connectivity index (χ2n) is 7.60. The number of hydrogen-bond donors (Lipinski definition) is 1. The molecule has 1 N–H and O–H groups in total. The highest BCUT2D eigenvalue weighted by atomic mass is 35.5. The third kappa shape index (κ3) is 6.36. The van der Waals surface area contributed by atoms with Crippen LogP contribution in [0.25, 0.3) is 0 Å². The summed E-state index contributed by atoms with van der Waals surface area (Å²) in [5, 5.41) is -0.255. The van der Waals surface area contributed by atoms with Crippen molar-refractivity contribution in [3.8, 4) is 23.0 Å². The van der Waals surface area contributed by atoms with Gasteiger partial charge in [0.1, 0.15) is 34.2 Å². The summed E-state index contributed by atoms with van der Waals surface area (Å²) in [5.41, 5.74) is -1.59. The molecule has 1 fully saturated rings. The zero-order chi connectivity index (χ0) is 25.7. The van der Waals surface area contributed by atoms with Crippen molar-refractivity contribution in [3.05, 3.63) is 80.6 Å². The average Bonchev–Trinajstić information content (AvgIpc) is 3.25. The molecule has 0 radical (unpaired) electrons. The monoisotopic (exact) mass is 540 g/mol. The lowest BCUT2D eigenvalue weighted by Gasteiger charge is -2.20. The van der Waals surface area contributed by atoms with E-state index in [9.17, 15) is 14.0 Å². The average molecular weight is 541 g/mol. The summed E-state index contributed by atoms with van der Waals surface area (Å²) in [6.07, 6.45) is -2.52. The molecule has 36 heavy (non-hydrogen) atoms. The highest BCUT2D eigenvalue weighted by Crippen LogP contribution is 2.43. The van der Waals surface area contributed by atoms with Gasteiger partial charge in [-0.15, -0.1) is 0 Å². The zero-order valence-corrected chi connectivity index (χ0v) is 20.9. The van der Waals surface area contributed by atoms with E-state index < -0.39 is 38.4 Å². The number of alkyl halides is 1. The SMILES string of the molecule is COc1ccc(OP(OCC2CC(F)C(n3cc(Cl)c(=O)[nH]c3=O)O2)Oc2ccc(OC)cc2)cc1. The maximum Gasteiger partial charge on any atom is 0.463 e. The molecule has 0 saturated carbocycles. The van der Waals surface area contributed by atoms with Gasteiger partial charge >= 0.3 is 14.3 Å². The molecule has 2 heterocycles. The standard InChI is InChI=1S/C23H23ClFN2O8P/c1-30-14-3-7-16(8-4-14)34-36(35-17-9-5-15(31-2)6-10-17)32-13-18-11-20(25)22(33-18)27-12-19(24)21(28)26-23(27)29/h3-10,12,18,20,22H,11,13H2,1-2H3,(H,26,28,29). The van der Waals surface area contributed by atoms with Gasteiger partial charge in [0.25, 0.3) is 5.56 Å². The number of benzene rings is 2. The van der Waals surface area contributed by atoms with Crippen molar-refractivity contribution in [1.29, 1.82) is 0 Å². The first kappa shape index (κ1) is 26.0. The van der Waals surface area contributed by atoms with Gasteiger partial charge in [0.2, 0.25) is 0 Å². The molecule has 3 atom stereocenters. The van der Waals surface area contributed by atoms with Crippen molar-refractivity contribution in [2.24, 2.45) is 0 Å². The van der Waals surface area contributed by atoms with Crippen molar-refractivity contribution in [2.75, 3.05) is 20.8 Å². The van der Waals surface area contributed by atoms with E-state index in [1.807, 2.05) is 4.98 Å². The Balaban J connectivity index is 1.44. The summed E-state index contributed by atoms with van der Waals surface area (Å²) in [4.78, 5) is 25.6. The number of H-pyrrole nitrogens is 1. The Labute approximate surface area is 211 Å². The van der Waals surface area contributed by atoms with Crippen LogP contribution in [0.5, 0.6) is 23.0 Å². The molecule has 0 spiro atoms. The molecular formula is C23H23ClFN2O8P. The molecule has 10 nitrogen and oxygen atoms in total. The topological polar surface area (TPSA) is 110 Å². The summed E-state index contributed by atoms with van der Waals surface area (Å²) in [5.74, 6) is 2.25. The number of aromatic amines is 1. The van der Waals surface area contributed by atoms with Crippen LogP contribution in [0.1, 0.15) is 12.6 Å². The molecule has 1 saturated heterocycles. The minimum Gasteiger partial charge on any atom is -0.497 e. The van der Waals surface area contributed by atoms with Crippen LogP contribution in [0.4, 0.5) is 4.39 Å². The van der Waals surface area contributed by atoms with Crippen LogP contribution in [-0.2, 0) is 9.26 Å². The fourth-order valence-electron chi connectivity index (χ4n) is 3.36. The largest absolute Gasteiger partial charge is 0.497 e. The summed E-state index contributed by atoms with van der Waals surface area (Å²) in [6, 6.07) is 13.7. The smallest absolute Gasteiger partial charge is 0.463 e. The van der Waals surface area contributed by atoms with Crippen molar-refractivity contribution < 1.29 is 32.2 Å². The van der Waals surface area contributed by atoms with Gasteiger partial charge in [-0.05, 0) is 48.5 Å². The minimum absolute atomic E-state index is 0.0535. The lowest BCUT2D eigenvalue weighted by atomic mass is 10.2. The van der Waals surface area contributed by atoms with E-state index in [2.05, 4.69) is 0 Å². The van der Waals surface area contributed by atoms with Gasteiger partial charge in [-0.3, -0.25) is 18.9 Å². The third-order valence-electron chi connectivity index (χ3n) is 5.17. The fourth-order valence-corrected chi connectivity index (χ4v) is 4.53. The zero-order valence-electron chi connectivity index (χ0n) is 19.3. The molecule has 1 aliphatic heterocycles. The fraction of sp³-hybridized carbons (Fsp3) is 0.304. The molecular weight excluding hydrogens is 518 g/mol. The number of hydrogen-bond acceptors (Lipinski definition) is 8. The van der Waals surface area contributed by atoms with Gasteiger partial charge in [-0.25, -0.2) is 9.18 Å². The predicted molar refractivity (Wildman–Crippen MR) is 130 cm³/mol. The highest BCUT2D eigenvalue weighted by Gasteiger charge is 2.38. The van der Waals surface area contributed by atoms with Crippen molar-refractivity contribution in [3.63, 3.8) is 0 Å². The van der Waals surface area contributed by atoms with Crippen LogP contribution in [0, 0.1) is 0 Å². The van der Waals surface area contributed by atoms with E-state index in [1.165, 1.54) is 0 Å². The lowest BCUT2D eigenvalue weighted by Crippen LogP contribution is -2.34. The van der Waals surface area contributed by atoms with E-state index in [4.69, 9.17) is 39.4 Å². The number of nitrogens with zero attached hydrogens (tertiary/aromatic N) is 1. The third-order valence-corrected chi connectivity index (χ3v) is 6.52. The summed E-state index contributed by atoms with van der Waals surface area (Å²) in [6.45, 7) is -0.0826. The van der Waals surface area contributed by atoms with E-state index in [1.54, 1.807) is 62.8 Å². The molecule has 3 aromatic rings. The number of ether oxygens (including phenoxy) is 3. The Morgan fingerprint density at radius 3 is 2.06 bits per heavy atom. The Morgan fingerprint density at radius 1 is 1.00 bits per heavy atom. The number of methoxy groups -OCH3 is 2. The van der Waals surface area contributed by atoms with E-state index in [0.717, 1.165) is 10.8 Å². The Kier molecular flexibility index (Phi) is 8.48. The highest BCUT2D eigenvalue weighted by molar-refractivity contribution is 7.42. The first-order chi connectivity index (χ1) is 17.4. The quantitative estimate of drug-likeness (QED) is 0.380. The van der Waals surface area contributed by atoms with E-state index in [-0.39, 0.29) is 18.1 Å². The van der Waals surface area contributed by atoms with Crippen LogP contribution in [0.3, 0.4) is 0 Å². The van der Waals surface area contributed by atoms with Crippen LogP contribution in [0.15, 0.2) is 64.3 Å². The summed E-state index contributed by atoms with van der Waals surface area (Å²) >= 11 is 5.79. The van der Waals surface area contributed by atoms with Crippen LogP contribution < -0.4 is 29.8 Å².